The van der Waals surface area contributed by atoms with Gasteiger partial charge >= 0.3 is 0 Å². The molecule has 0 radical (unpaired) electrons. The van der Waals surface area contributed by atoms with Gasteiger partial charge in [-0.2, -0.15) is 0 Å². The van der Waals surface area contributed by atoms with Gasteiger partial charge in [0.15, 0.2) is 0 Å². The molecule has 1 N–H and O–H groups in total. The fraction of sp³-hybridized carbons (Fsp3) is 0.500. The number of nitrogens with one attached hydrogen (secondary N) is 1. The van der Waals surface area contributed by atoms with Crippen LogP contribution >= 0.6 is 0 Å². The average molecular weight is 233 g/mol. The van der Waals surface area contributed by atoms with Crippen LogP contribution in [-0.2, 0) is 4.79 Å². The smallest absolute Gasteiger partial charge is 0.227 e. The second-order valence-corrected chi connectivity index (χ2v) is 4.57. The lowest BCUT2D eigenvalue weighted by Crippen LogP contribution is -2.21. The summed E-state index contributed by atoms with van der Waals surface area (Å²) < 4.78 is 5.35. The van der Waals surface area contributed by atoms with Gasteiger partial charge in [0.2, 0.25) is 5.91 Å². The Morgan fingerprint density at radius 3 is 2.59 bits per heavy atom. The molecule has 0 bridgehead atoms. The molecule has 17 heavy (non-hydrogen) atoms. The molecule has 1 aliphatic carbocycles. The number of anilines is 1. The Kier molecular flexibility index (Phi) is 3.67. The summed E-state index contributed by atoms with van der Waals surface area (Å²) in [5, 5.41) is 2.94. The monoisotopic (exact) mass is 233 g/mol. The zero-order chi connectivity index (χ0) is 12.3. The zero-order valence-corrected chi connectivity index (χ0v) is 10.4. The minimum Gasteiger partial charge on any atom is -0.494 e. The fourth-order valence-electron chi connectivity index (χ4n) is 1.87. The van der Waals surface area contributed by atoms with Crippen molar-refractivity contribution in [3.05, 3.63) is 24.3 Å². The number of benzene rings is 1. The normalized spacial score (nSPS) is 16.4. The van der Waals surface area contributed by atoms with Gasteiger partial charge in [-0.05, 0) is 49.9 Å². The van der Waals surface area contributed by atoms with E-state index in [2.05, 4.69) is 5.32 Å². The molecule has 0 spiro atoms. The third kappa shape index (κ3) is 3.22. The van der Waals surface area contributed by atoms with Crippen LogP contribution in [-0.4, -0.2) is 12.5 Å². The lowest BCUT2D eigenvalue weighted by Gasteiger charge is -2.11. The molecule has 0 saturated heterocycles. The van der Waals surface area contributed by atoms with Crippen LogP contribution < -0.4 is 10.1 Å². The van der Waals surface area contributed by atoms with E-state index >= 15 is 0 Å². The lowest BCUT2D eigenvalue weighted by atomic mass is 10.1. The minimum absolute atomic E-state index is 0.122. The Morgan fingerprint density at radius 2 is 2.06 bits per heavy atom. The summed E-state index contributed by atoms with van der Waals surface area (Å²) in [5.41, 5.74) is 0.839. The second kappa shape index (κ2) is 5.21. The van der Waals surface area contributed by atoms with Gasteiger partial charge in [-0.1, -0.05) is 6.92 Å². The summed E-state index contributed by atoms with van der Waals surface area (Å²) in [6.45, 7) is 4.61. The minimum atomic E-state index is 0.122. The van der Waals surface area contributed by atoms with Crippen LogP contribution in [0.4, 0.5) is 5.69 Å². The molecular formula is C14H19NO2. The first kappa shape index (κ1) is 12.0. The van der Waals surface area contributed by atoms with Crippen LogP contribution in [0.5, 0.6) is 5.75 Å². The Bertz CT molecular complexity index is 382. The van der Waals surface area contributed by atoms with Crippen molar-refractivity contribution in [1.82, 2.24) is 0 Å². The zero-order valence-electron chi connectivity index (χ0n) is 10.4. The van der Waals surface area contributed by atoms with Crippen LogP contribution in [0.25, 0.3) is 0 Å². The van der Waals surface area contributed by atoms with Gasteiger partial charge in [0.1, 0.15) is 5.75 Å². The molecule has 0 heterocycles. The van der Waals surface area contributed by atoms with Crippen molar-refractivity contribution >= 4 is 11.6 Å². The molecule has 1 unspecified atom stereocenters. The van der Waals surface area contributed by atoms with E-state index in [1.54, 1.807) is 0 Å². The summed E-state index contributed by atoms with van der Waals surface area (Å²) in [6.07, 6.45) is 2.38. The van der Waals surface area contributed by atoms with Gasteiger partial charge < -0.3 is 10.1 Å². The van der Waals surface area contributed by atoms with Crippen molar-refractivity contribution in [2.75, 3.05) is 11.9 Å². The Labute approximate surface area is 102 Å². The van der Waals surface area contributed by atoms with Crippen LogP contribution in [0.15, 0.2) is 24.3 Å². The number of hydrogen-bond donors (Lipinski definition) is 1. The summed E-state index contributed by atoms with van der Waals surface area (Å²) in [7, 11) is 0. The van der Waals surface area contributed by atoms with Crippen molar-refractivity contribution in [1.29, 1.82) is 0 Å². The molecule has 1 saturated carbocycles. The first-order chi connectivity index (χ1) is 8.20. The van der Waals surface area contributed by atoms with Crippen LogP contribution in [0.3, 0.4) is 0 Å². The fourth-order valence-corrected chi connectivity index (χ4v) is 1.87. The molecule has 3 nitrogen and oxygen atoms in total. The molecule has 1 atom stereocenters. The molecule has 3 heteroatoms. The number of ether oxygens (including phenoxy) is 1. The Balaban J connectivity index is 1.91. The molecule has 1 fully saturated rings. The van der Waals surface area contributed by atoms with Gasteiger partial charge in [-0.25, -0.2) is 0 Å². The maximum absolute atomic E-state index is 11.9. The highest BCUT2D eigenvalue weighted by atomic mass is 16.5. The predicted molar refractivity (Wildman–Crippen MR) is 68.1 cm³/mol. The third-order valence-electron chi connectivity index (χ3n) is 3.18. The van der Waals surface area contributed by atoms with Crippen molar-refractivity contribution in [3.63, 3.8) is 0 Å². The van der Waals surface area contributed by atoms with E-state index in [-0.39, 0.29) is 11.8 Å². The molecule has 1 aromatic rings. The van der Waals surface area contributed by atoms with E-state index in [0.29, 0.717) is 12.5 Å². The van der Waals surface area contributed by atoms with Gasteiger partial charge in [-0.3, -0.25) is 4.79 Å². The maximum Gasteiger partial charge on any atom is 0.227 e. The molecule has 92 valence electrons. The Hall–Kier alpha value is -1.51. The lowest BCUT2D eigenvalue weighted by molar-refractivity contribution is -0.119. The Morgan fingerprint density at radius 1 is 1.41 bits per heavy atom. The van der Waals surface area contributed by atoms with Crippen molar-refractivity contribution < 1.29 is 9.53 Å². The highest BCUT2D eigenvalue weighted by Crippen LogP contribution is 2.37. The van der Waals surface area contributed by atoms with Gasteiger partial charge in [-0.15, -0.1) is 0 Å². The third-order valence-corrected chi connectivity index (χ3v) is 3.18. The first-order valence-corrected chi connectivity index (χ1v) is 6.24. The van der Waals surface area contributed by atoms with Gasteiger partial charge in [0.05, 0.1) is 6.61 Å². The molecule has 1 aliphatic rings. The standard InChI is InChI=1S/C14H19NO2/c1-3-17-13-8-6-12(7-9-13)15-14(16)10(2)11-4-5-11/h6-11H,3-5H2,1-2H3,(H,15,16). The maximum atomic E-state index is 11.9. The molecule has 0 aliphatic heterocycles. The van der Waals surface area contributed by atoms with E-state index in [1.165, 1.54) is 12.8 Å². The highest BCUT2D eigenvalue weighted by Gasteiger charge is 2.32. The number of rotatable bonds is 5. The molecule has 1 aromatic carbocycles. The molecular weight excluding hydrogens is 214 g/mol. The quantitative estimate of drug-likeness (QED) is 0.848. The van der Waals surface area contributed by atoms with E-state index in [9.17, 15) is 4.79 Å². The largest absolute Gasteiger partial charge is 0.494 e. The topological polar surface area (TPSA) is 38.3 Å². The first-order valence-electron chi connectivity index (χ1n) is 6.24. The molecule has 2 rings (SSSR count). The van der Waals surface area contributed by atoms with Crippen LogP contribution in [0, 0.1) is 11.8 Å². The number of carbonyl (C=O) groups is 1. The number of hydrogen-bond acceptors (Lipinski definition) is 2. The van der Waals surface area contributed by atoms with E-state index in [0.717, 1.165) is 11.4 Å². The van der Waals surface area contributed by atoms with Crippen molar-refractivity contribution in [2.24, 2.45) is 11.8 Å². The summed E-state index contributed by atoms with van der Waals surface area (Å²) in [4.78, 5) is 11.9. The van der Waals surface area contributed by atoms with Crippen molar-refractivity contribution in [3.8, 4) is 5.75 Å². The predicted octanol–water partition coefficient (Wildman–Crippen LogP) is 3.07. The van der Waals surface area contributed by atoms with Gasteiger partial charge in [0, 0.05) is 11.6 Å². The van der Waals surface area contributed by atoms with Crippen LogP contribution in [0.1, 0.15) is 26.7 Å². The van der Waals surface area contributed by atoms with E-state index in [1.807, 2.05) is 38.1 Å². The van der Waals surface area contributed by atoms with Crippen molar-refractivity contribution in [2.45, 2.75) is 26.7 Å². The molecule has 0 aromatic heterocycles. The summed E-state index contributed by atoms with van der Waals surface area (Å²) >= 11 is 0. The van der Waals surface area contributed by atoms with E-state index in [4.69, 9.17) is 4.74 Å². The van der Waals surface area contributed by atoms with Gasteiger partial charge in [0.25, 0.3) is 0 Å². The number of amides is 1. The average Bonchev–Trinajstić information content (AvgIpc) is 3.15. The molecule has 1 amide bonds. The summed E-state index contributed by atoms with van der Waals surface area (Å²) in [5.74, 6) is 1.68. The summed E-state index contributed by atoms with van der Waals surface area (Å²) in [6, 6.07) is 7.51. The van der Waals surface area contributed by atoms with E-state index < -0.39 is 0 Å². The van der Waals surface area contributed by atoms with Crippen LogP contribution in [0.2, 0.25) is 0 Å². The highest BCUT2D eigenvalue weighted by molar-refractivity contribution is 5.92. The second-order valence-electron chi connectivity index (χ2n) is 4.57. The SMILES string of the molecule is CCOc1ccc(NC(=O)C(C)C2CC2)cc1. The number of carbonyl (C=O) groups excluding carboxylic acids is 1.